The van der Waals surface area contributed by atoms with Gasteiger partial charge in [0.2, 0.25) is 11.8 Å². The largest absolute Gasteiger partial charge is 0.496 e. The molecule has 4 rings (SSSR count). The van der Waals surface area contributed by atoms with Crippen LogP contribution in [0, 0.1) is 11.3 Å². The summed E-state index contributed by atoms with van der Waals surface area (Å²) < 4.78 is 15.3. The van der Waals surface area contributed by atoms with E-state index in [4.69, 9.17) is 19.9 Å². The van der Waals surface area contributed by atoms with Crippen LogP contribution < -0.4 is 24.4 Å². The van der Waals surface area contributed by atoms with Gasteiger partial charge in [-0.1, -0.05) is 32.4 Å². The van der Waals surface area contributed by atoms with E-state index >= 15 is 0 Å². The van der Waals surface area contributed by atoms with Gasteiger partial charge in [-0.2, -0.15) is 4.98 Å². The van der Waals surface area contributed by atoms with E-state index in [0.717, 1.165) is 68.0 Å². The van der Waals surface area contributed by atoms with Crippen LogP contribution in [0.15, 0.2) is 59.6 Å². The Morgan fingerprint density at radius 2 is 1.86 bits per heavy atom. The number of likely N-dealkylation sites (N-methyl/N-ethyl adjacent to an activating group) is 1. The summed E-state index contributed by atoms with van der Waals surface area (Å²) in [6, 6.07) is 16.1. The lowest BCUT2D eigenvalue weighted by molar-refractivity contribution is 0.313. The van der Waals surface area contributed by atoms with E-state index in [9.17, 15) is 0 Å². The van der Waals surface area contributed by atoms with Gasteiger partial charge in [0.1, 0.15) is 11.5 Å². The molecule has 0 amide bonds. The number of nitrogens with zero attached hydrogens (tertiary/aromatic N) is 4. The van der Waals surface area contributed by atoms with Crippen LogP contribution in [-0.2, 0) is 6.42 Å². The van der Waals surface area contributed by atoms with Crippen LogP contribution in [0.25, 0.3) is 11.3 Å². The first-order chi connectivity index (χ1) is 20.4. The van der Waals surface area contributed by atoms with Crippen LogP contribution >= 0.6 is 11.9 Å². The molecule has 1 aromatic heterocycles. The smallest absolute Gasteiger partial charge is 0.237 e. The minimum atomic E-state index is 0.390. The fraction of sp³-hybridized carbons (Fsp3) is 0.406. The monoisotopic (exact) mass is 589 g/mol. The second-order valence-corrected chi connectivity index (χ2v) is 11.6. The van der Waals surface area contributed by atoms with E-state index in [1.165, 1.54) is 23.8 Å². The van der Waals surface area contributed by atoms with Gasteiger partial charge in [-0.25, -0.2) is 4.98 Å². The molecular weight excluding hydrogens is 546 g/mol. The number of hydrogen-bond acceptors (Lipinski definition) is 10. The summed E-state index contributed by atoms with van der Waals surface area (Å²) in [5, 5.41) is 10.6. The van der Waals surface area contributed by atoms with E-state index in [2.05, 4.69) is 63.9 Å². The third kappa shape index (κ3) is 8.62. The number of piperazine rings is 1. The number of nitrogens with one attached hydrogen (secondary N) is 3. The minimum absolute atomic E-state index is 0.390. The Labute approximate surface area is 254 Å². The number of aromatic nitrogens is 2. The maximum absolute atomic E-state index is 7.69. The number of rotatable bonds is 14. The fourth-order valence-corrected chi connectivity index (χ4v) is 5.40. The number of hydrogen-bond donors (Lipinski definition) is 3. The highest BCUT2D eigenvalue weighted by molar-refractivity contribution is 8.05. The van der Waals surface area contributed by atoms with Crippen molar-refractivity contribution in [2.45, 2.75) is 33.1 Å². The SMILES string of the molecule is CN/C=C(\C=N)SNc1nc(Oc2ccc(N3CCN(C)CC3)cc2)cc(-c2cccc(OC)c2CCCC(C)C)n1. The molecule has 3 aromatic rings. The molecule has 42 heavy (non-hydrogen) atoms. The second-order valence-electron chi connectivity index (χ2n) is 10.8. The van der Waals surface area contributed by atoms with Gasteiger partial charge < -0.3 is 30.0 Å². The summed E-state index contributed by atoms with van der Waals surface area (Å²) in [5.74, 6) is 3.01. The van der Waals surface area contributed by atoms with Gasteiger partial charge in [0.15, 0.2) is 0 Å². The average Bonchev–Trinajstić information content (AvgIpc) is 3.00. The van der Waals surface area contributed by atoms with Crippen LogP contribution in [0.1, 0.15) is 32.3 Å². The van der Waals surface area contributed by atoms with Crippen molar-refractivity contribution in [3.8, 4) is 28.6 Å². The lowest BCUT2D eigenvalue weighted by Crippen LogP contribution is -2.44. The number of benzene rings is 2. The Morgan fingerprint density at radius 3 is 2.52 bits per heavy atom. The molecule has 0 unspecified atom stereocenters. The van der Waals surface area contributed by atoms with E-state index in [-0.39, 0.29) is 0 Å². The van der Waals surface area contributed by atoms with Crippen molar-refractivity contribution < 1.29 is 9.47 Å². The van der Waals surface area contributed by atoms with Crippen molar-refractivity contribution in [1.82, 2.24) is 20.2 Å². The summed E-state index contributed by atoms with van der Waals surface area (Å²) >= 11 is 1.26. The standard InChI is InChI=1S/C32H43N7O2S/c1-23(2)8-6-10-28-27(9-7-11-30(28)40-5)29-20-31(36-32(35-29)37-42-26(21-33)22-34-3)41-25-14-12-24(13-15-25)39-18-16-38(4)17-19-39/h7,9,11-15,20-23,33-34H,6,8,10,16-19H2,1-5H3,(H,35,36,37)/b26-22+,33-21?. The summed E-state index contributed by atoms with van der Waals surface area (Å²) in [4.78, 5) is 15.0. The second kappa shape index (κ2) is 15.5. The van der Waals surface area contributed by atoms with Gasteiger partial charge in [-0.15, -0.1) is 0 Å². The predicted molar refractivity (Wildman–Crippen MR) is 175 cm³/mol. The van der Waals surface area contributed by atoms with Crippen LogP contribution in [0.4, 0.5) is 11.6 Å². The van der Waals surface area contributed by atoms with E-state index < -0.39 is 0 Å². The summed E-state index contributed by atoms with van der Waals surface area (Å²) in [5.41, 5.74) is 4.04. The van der Waals surface area contributed by atoms with Crippen molar-refractivity contribution in [3.05, 3.63) is 65.2 Å². The van der Waals surface area contributed by atoms with Gasteiger partial charge in [-0.3, -0.25) is 4.72 Å². The zero-order chi connectivity index (χ0) is 29.9. The molecule has 3 N–H and O–H groups in total. The molecule has 0 aliphatic carbocycles. The third-order valence-corrected chi connectivity index (χ3v) is 7.91. The molecule has 2 aromatic carbocycles. The van der Waals surface area contributed by atoms with Crippen LogP contribution in [-0.4, -0.2) is 68.5 Å². The first-order valence-electron chi connectivity index (χ1n) is 14.5. The molecule has 0 spiro atoms. The lowest BCUT2D eigenvalue weighted by Gasteiger charge is -2.34. The third-order valence-electron chi connectivity index (χ3n) is 7.16. The maximum Gasteiger partial charge on any atom is 0.237 e. The van der Waals surface area contributed by atoms with E-state index in [1.54, 1.807) is 20.4 Å². The molecule has 224 valence electrons. The highest BCUT2D eigenvalue weighted by Gasteiger charge is 2.17. The van der Waals surface area contributed by atoms with E-state index in [0.29, 0.717) is 28.4 Å². The molecule has 1 aliphatic heterocycles. The number of methoxy groups -OCH3 is 1. The Balaban J connectivity index is 1.65. The molecule has 0 bridgehead atoms. The van der Waals surface area contributed by atoms with Crippen molar-refractivity contribution in [2.75, 3.05) is 57.0 Å². The Bertz CT molecular complexity index is 1340. The van der Waals surface area contributed by atoms with Crippen molar-refractivity contribution in [2.24, 2.45) is 5.92 Å². The number of allylic oxidation sites excluding steroid dienone is 1. The molecule has 0 saturated carbocycles. The van der Waals surface area contributed by atoms with Gasteiger partial charge in [-0.05, 0) is 68.1 Å². The van der Waals surface area contributed by atoms with Crippen molar-refractivity contribution >= 4 is 29.8 Å². The maximum atomic E-state index is 7.69. The number of anilines is 2. The Hall–Kier alpha value is -3.76. The Morgan fingerprint density at radius 1 is 1.10 bits per heavy atom. The molecule has 9 nitrogen and oxygen atoms in total. The molecule has 1 saturated heterocycles. The normalized spacial score (nSPS) is 14.1. The topological polar surface area (TPSA) is 98.6 Å². The molecule has 1 aliphatic rings. The van der Waals surface area contributed by atoms with Crippen LogP contribution in [0.2, 0.25) is 0 Å². The molecule has 10 heteroatoms. The fourth-order valence-electron chi connectivity index (χ4n) is 4.86. The van der Waals surface area contributed by atoms with Crippen LogP contribution in [0.5, 0.6) is 17.4 Å². The highest BCUT2D eigenvalue weighted by atomic mass is 32.2. The molecule has 0 radical (unpaired) electrons. The summed E-state index contributed by atoms with van der Waals surface area (Å²) in [7, 11) is 5.67. The predicted octanol–water partition coefficient (Wildman–Crippen LogP) is 6.45. The van der Waals surface area contributed by atoms with E-state index in [1.807, 2.05) is 30.3 Å². The first-order valence-corrected chi connectivity index (χ1v) is 15.3. The average molecular weight is 590 g/mol. The zero-order valence-electron chi connectivity index (χ0n) is 25.3. The minimum Gasteiger partial charge on any atom is -0.496 e. The molecule has 2 heterocycles. The summed E-state index contributed by atoms with van der Waals surface area (Å²) in [6.45, 7) is 8.63. The lowest BCUT2D eigenvalue weighted by atomic mass is 9.96. The molecular formula is C32H43N7O2S. The molecule has 0 atom stereocenters. The first kappa shape index (κ1) is 31.2. The van der Waals surface area contributed by atoms with Crippen molar-refractivity contribution in [1.29, 1.82) is 5.41 Å². The number of ether oxygens (including phenoxy) is 2. The van der Waals surface area contributed by atoms with Gasteiger partial charge in [0, 0.05) is 68.5 Å². The zero-order valence-corrected chi connectivity index (χ0v) is 26.1. The van der Waals surface area contributed by atoms with Gasteiger partial charge in [0.25, 0.3) is 0 Å². The van der Waals surface area contributed by atoms with Gasteiger partial charge >= 0.3 is 0 Å². The molecule has 1 fully saturated rings. The van der Waals surface area contributed by atoms with Crippen molar-refractivity contribution in [3.63, 3.8) is 0 Å². The quantitative estimate of drug-likeness (QED) is 0.145. The summed E-state index contributed by atoms with van der Waals surface area (Å²) in [6.07, 6.45) is 6.08. The Kier molecular flexibility index (Phi) is 11.5. The van der Waals surface area contributed by atoms with Crippen LogP contribution in [0.3, 0.4) is 0 Å². The van der Waals surface area contributed by atoms with Gasteiger partial charge in [0.05, 0.1) is 17.7 Å². The highest BCUT2D eigenvalue weighted by Crippen LogP contribution is 2.35.